The molecule has 0 bridgehead atoms. The molecule has 1 atom stereocenters. The van der Waals surface area contributed by atoms with Crippen LogP contribution in [0.1, 0.15) is 22.3 Å². The van der Waals surface area contributed by atoms with Crippen molar-refractivity contribution in [2.24, 2.45) is 0 Å². The summed E-state index contributed by atoms with van der Waals surface area (Å²) in [5.74, 6) is -1.14. The number of hydrogen-bond acceptors (Lipinski definition) is 5. The fraction of sp³-hybridized carbons (Fsp3) is 0.250. The number of Topliss-reactive ketones (excluding diaryl/α,β-unsaturated/α-hetero) is 1. The number of nitriles is 1. The molecule has 0 saturated carbocycles. The lowest BCUT2D eigenvalue weighted by molar-refractivity contribution is -0.120. The zero-order chi connectivity index (χ0) is 16.6. The number of hydrogen-bond donors (Lipinski definition) is 0. The van der Waals surface area contributed by atoms with Gasteiger partial charge in [-0.25, -0.2) is 4.98 Å². The first kappa shape index (κ1) is 15.7. The smallest absolute Gasteiger partial charge is 0.178 e. The molecule has 0 aliphatic carbocycles. The number of aromatic nitrogens is 3. The standard InChI is InChI=1S/C16H13ClN4OS/c1-9-15(17)10(2)21(20-9)8-13(22)11(7-18)16-19-12-5-3-4-6-14(12)23-16/h3-6,11H,8H2,1-2H3. The molecule has 1 aromatic carbocycles. The lowest BCUT2D eigenvalue weighted by atomic mass is 10.1. The highest BCUT2D eigenvalue weighted by Crippen LogP contribution is 2.28. The zero-order valence-electron chi connectivity index (χ0n) is 12.6. The third-order valence-electron chi connectivity index (χ3n) is 3.61. The van der Waals surface area contributed by atoms with Crippen LogP contribution in [0.3, 0.4) is 0 Å². The van der Waals surface area contributed by atoms with Crippen molar-refractivity contribution in [3.8, 4) is 6.07 Å². The van der Waals surface area contributed by atoms with Crippen LogP contribution in [0.4, 0.5) is 0 Å². The van der Waals surface area contributed by atoms with Crippen molar-refractivity contribution < 1.29 is 4.79 Å². The van der Waals surface area contributed by atoms with Crippen molar-refractivity contribution >= 4 is 38.9 Å². The van der Waals surface area contributed by atoms with Crippen molar-refractivity contribution in [2.75, 3.05) is 0 Å². The van der Waals surface area contributed by atoms with E-state index >= 15 is 0 Å². The van der Waals surface area contributed by atoms with Gasteiger partial charge >= 0.3 is 0 Å². The van der Waals surface area contributed by atoms with E-state index in [-0.39, 0.29) is 12.3 Å². The molecule has 3 rings (SSSR count). The van der Waals surface area contributed by atoms with E-state index in [1.54, 1.807) is 13.8 Å². The molecule has 116 valence electrons. The molecule has 0 N–H and O–H groups in total. The molecule has 0 saturated heterocycles. The van der Waals surface area contributed by atoms with Gasteiger partial charge in [0.25, 0.3) is 0 Å². The molecule has 1 unspecified atom stereocenters. The van der Waals surface area contributed by atoms with Crippen LogP contribution < -0.4 is 0 Å². The second-order valence-electron chi connectivity index (χ2n) is 5.19. The van der Waals surface area contributed by atoms with E-state index in [0.717, 1.165) is 15.9 Å². The molecule has 5 nitrogen and oxygen atoms in total. The van der Waals surface area contributed by atoms with Gasteiger partial charge in [0.1, 0.15) is 11.6 Å². The first-order valence-corrected chi connectivity index (χ1v) is 8.18. The quantitative estimate of drug-likeness (QED) is 0.724. The van der Waals surface area contributed by atoms with Crippen molar-refractivity contribution in [1.82, 2.24) is 14.8 Å². The van der Waals surface area contributed by atoms with Gasteiger partial charge in [0.15, 0.2) is 11.7 Å². The Morgan fingerprint density at radius 2 is 2.17 bits per heavy atom. The molecule has 0 amide bonds. The highest BCUT2D eigenvalue weighted by molar-refractivity contribution is 7.18. The number of ketones is 1. The van der Waals surface area contributed by atoms with Crippen LogP contribution in [0, 0.1) is 25.2 Å². The van der Waals surface area contributed by atoms with Gasteiger partial charge in [-0.15, -0.1) is 11.3 Å². The van der Waals surface area contributed by atoms with Crippen molar-refractivity contribution in [3.05, 3.63) is 45.7 Å². The van der Waals surface area contributed by atoms with Gasteiger partial charge in [-0.3, -0.25) is 9.48 Å². The van der Waals surface area contributed by atoms with E-state index in [1.165, 1.54) is 16.0 Å². The normalized spacial score (nSPS) is 12.3. The van der Waals surface area contributed by atoms with E-state index in [9.17, 15) is 10.1 Å². The Kier molecular flexibility index (Phi) is 4.16. The van der Waals surface area contributed by atoms with Crippen LogP contribution in [0.5, 0.6) is 0 Å². The van der Waals surface area contributed by atoms with Crippen LogP contribution in [0.15, 0.2) is 24.3 Å². The second-order valence-corrected chi connectivity index (χ2v) is 6.63. The number of para-hydroxylation sites is 1. The molecule has 23 heavy (non-hydrogen) atoms. The molecular weight excluding hydrogens is 332 g/mol. The Hall–Kier alpha value is -2.23. The van der Waals surface area contributed by atoms with E-state index in [1.807, 2.05) is 24.3 Å². The summed E-state index contributed by atoms with van der Waals surface area (Å²) in [6.07, 6.45) is 0. The van der Waals surface area contributed by atoms with Gasteiger partial charge in [0.2, 0.25) is 0 Å². The molecule has 2 heterocycles. The lowest BCUT2D eigenvalue weighted by Crippen LogP contribution is -2.19. The summed E-state index contributed by atoms with van der Waals surface area (Å²) in [5, 5.41) is 14.7. The molecule has 0 fully saturated rings. The van der Waals surface area contributed by atoms with Gasteiger partial charge in [0.05, 0.1) is 32.7 Å². The molecular formula is C16H13ClN4OS. The third-order valence-corrected chi connectivity index (χ3v) is 5.26. The SMILES string of the molecule is Cc1nn(CC(=O)C(C#N)c2nc3ccccc3s2)c(C)c1Cl. The predicted octanol–water partition coefficient (Wildman–Crippen LogP) is 3.64. The topological polar surface area (TPSA) is 71.6 Å². The van der Waals surface area contributed by atoms with E-state index in [0.29, 0.717) is 15.7 Å². The minimum Gasteiger partial charge on any atom is -0.296 e. The summed E-state index contributed by atoms with van der Waals surface area (Å²) in [6.45, 7) is 3.59. The predicted molar refractivity (Wildman–Crippen MR) is 89.7 cm³/mol. The maximum absolute atomic E-state index is 12.5. The summed E-state index contributed by atoms with van der Waals surface area (Å²) in [5.41, 5.74) is 2.19. The number of benzene rings is 1. The van der Waals surface area contributed by atoms with Crippen molar-refractivity contribution in [3.63, 3.8) is 0 Å². The zero-order valence-corrected chi connectivity index (χ0v) is 14.1. The van der Waals surface area contributed by atoms with E-state index < -0.39 is 5.92 Å². The van der Waals surface area contributed by atoms with Crippen molar-refractivity contribution in [2.45, 2.75) is 26.3 Å². The number of aryl methyl sites for hydroxylation is 1. The minimum atomic E-state index is -0.893. The summed E-state index contributed by atoms with van der Waals surface area (Å²) in [4.78, 5) is 16.9. The van der Waals surface area contributed by atoms with Crippen LogP contribution in [-0.4, -0.2) is 20.5 Å². The molecule has 0 aliphatic rings. The third kappa shape index (κ3) is 2.85. The highest BCUT2D eigenvalue weighted by atomic mass is 35.5. The van der Waals surface area contributed by atoms with Gasteiger partial charge in [-0.05, 0) is 26.0 Å². The van der Waals surface area contributed by atoms with Crippen LogP contribution >= 0.6 is 22.9 Å². The summed E-state index contributed by atoms with van der Waals surface area (Å²) in [7, 11) is 0. The number of carbonyl (C=O) groups excluding carboxylic acids is 1. The first-order chi connectivity index (χ1) is 11.0. The highest BCUT2D eigenvalue weighted by Gasteiger charge is 2.25. The minimum absolute atomic E-state index is 0.00749. The maximum Gasteiger partial charge on any atom is 0.178 e. The second kappa shape index (κ2) is 6.11. The maximum atomic E-state index is 12.5. The summed E-state index contributed by atoms with van der Waals surface area (Å²) < 4.78 is 2.50. The number of nitrogens with zero attached hydrogens (tertiary/aromatic N) is 4. The first-order valence-electron chi connectivity index (χ1n) is 6.98. The Labute approximate surface area is 142 Å². The van der Waals surface area contributed by atoms with E-state index in [4.69, 9.17) is 11.6 Å². The number of fused-ring (bicyclic) bond motifs is 1. The molecule has 3 aromatic rings. The average Bonchev–Trinajstić information content (AvgIpc) is 3.05. The molecule has 0 aliphatic heterocycles. The Bertz CT molecular complexity index is 904. The van der Waals surface area contributed by atoms with Crippen LogP contribution in [-0.2, 0) is 11.3 Å². The van der Waals surface area contributed by atoms with E-state index in [2.05, 4.69) is 16.2 Å². The molecule has 2 aromatic heterocycles. The largest absolute Gasteiger partial charge is 0.296 e. The molecule has 7 heteroatoms. The Morgan fingerprint density at radius 3 is 2.78 bits per heavy atom. The number of halogens is 1. The van der Waals surface area contributed by atoms with Crippen molar-refractivity contribution in [1.29, 1.82) is 5.26 Å². The van der Waals surface area contributed by atoms with Crippen LogP contribution in [0.2, 0.25) is 5.02 Å². The Balaban J connectivity index is 1.89. The molecule has 0 spiro atoms. The number of thiazole rings is 1. The fourth-order valence-corrected chi connectivity index (χ4v) is 3.52. The monoisotopic (exact) mass is 344 g/mol. The van der Waals surface area contributed by atoms with Gasteiger partial charge in [-0.2, -0.15) is 10.4 Å². The van der Waals surface area contributed by atoms with Gasteiger partial charge < -0.3 is 0 Å². The summed E-state index contributed by atoms with van der Waals surface area (Å²) >= 11 is 7.47. The lowest BCUT2D eigenvalue weighted by Gasteiger charge is -2.06. The summed E-state index contributed by atoms with van der Waals surface area (Å²) in [6, 6.07) is 9.65. The Morgan fingerprint density at radius 1 is 1.43 bits per heavy atom. The van der Waals surface area contributed by atoms with Crippen LogP contribution in [0.25, 0.3) is 10.2 Å². The molecule has 0 radical (unpaired) electrons. The number of rotatable bonds is 4. The van der Waals surface area contributed by atoms with Gasteiger partial charge in [-0.1, -0.05) is 23.7 Å². The fourth-order valence-electron chi connectivity index (χ4n) is 2.35. The van der Waals surface area contributed by atoms with Gasteiger partial charge in [0, 0.05) is 0 Å². The average molecular weight is 345 g/mol. The number of carbonyl (C=O) groups is 1.